The highest BCUT2D eigenvalue weighted by Crippen LogP contribution is 2.27. The van der Waals surface area contributed by atoms with Gasteiger partial charge in [0.15, 0.2) is 6.61 Å². The number of anilines is 1. The van der Waals surface area contributed by atoms with Gasteiger partial charge in [-0.15, -0.1) is 11.8 Å². The molecule has 0 saturated heterocycles. The van der Waals surface area contributed by atoms with E-state index in [4.69, 9.17) is 13.9 Å². The summed E-state index contributed by atoms with van der Waals surface area (Å²) in [4.78, 5) is 25.8. The lowest BCUT2D eigenvalue weighted by Crippen LogP contribution is -2.21. The Kier molecular flexibility index (Phi) is 6.95. The molecular weight excluding hydrogens is 390 g/mol. The summed E-state index contributed by atoms with van der Waals surface area (Å²) < 4.78 is 16.5. The lowest BCUT2D eigenvalue weighted by molar-refractivity contribution is -0.119. The van der Waals surface area contributed by atoms with Crippen molar-refractivity contribution >= 4 is 40.3 Å². The smallest absolute Gasteiger partial charge is 0.375 e. The summed E-state index contributed by atoms with van der Waals surface area (Å²) in [6, 6.07) is 14.7. The van der Waals surface area contributed by atoms with Gasteiger partial charge in [0, 0.05) is 21.5 Å². The molecule has 0 fully saturated rings. The van der Waals surface area contributed by atoms with Crippen LogP contribution in [0.4, 0.5) is 5.69 Å². The molecule has 2 aromatic carbocycles. The molecule has 0 unspecified atom stereocenters. The Morgan fingerprint density at radius 3 is 2.52 bits per heavy atom. The number of nitrogens with one attached hydrogen (secondary N) is 1. The van der Waals surface area contributed by atoms with E-state index in [1.54, 1.807) is 30.0 Å². The first kappa shape index (κ1) is 21.0. The van der Waals surface area contributed by atoms with E-state index in [0.29, 0.717) is 16.8 Å². The van der Waals surface area contributed by atoms with Crippen molar-refractivity contribution in [2.45, 2.75) is 31.5 Å². The lowest BCUT2D eigenvalue weighted by atomic mass is 10.1. The van der Waals surface area contributed by atoms with Crippen LogP contribution >= 0.6 is 11.8 Å². The van der Waals surface area contributed by atoms with Crippen molar-refractivity contribution in [3.05, 3.63) is 59.9 Å². The minimum Gasteiger partial charge on any atom is -0.450 e. The van der Waals surface area contributed by atoms with Crippen molar-refractivity contribution in [3.8, 4) is 0 Å². The fraction of sp³-hybridized carbons (Fsp3) is 0.273. The van der Waals surface area contributed by atoms with Crippen LogP contribution in [0.2, 0.25) is 0 Å². The van der Waals surface area contributed by atoms with Gasteiger partial charge in [0.25, 0.3) is 5.91 Å². The zero-order valence-corrected chi connectivity index (χ0v) is 17.4. The number of ether oxygens (including phenoxy) is 2. The molecule has 7 heteroatoms. The van der Waals surface area contributed by atoms with Crippen molar-refractivity contribution in [2.75, 3.05) is 18.2 Å². The van der Waals surface area contributed by atoms with Gasteiger partial charge < -0.3 is 19.2 Å². The van der Waals surface area contributed by atoms with Crippen LogP contribution in [0.25, 0.3) is 11.0 Å². The van der Waals surface area contributed by atoms with Gasteiger partial charge in [-0.05, 0) is 50.4 Å². The SMILES string of the molecule is CSc1ccc(NC(=O)COC(=O)c2oc3ccccc3c2COC(C)C)cc1. The second kappa shape index (κ2) is 9.62. The molecular formula is C22H23NO5S. The molecule has 0 aliphatic heterocycles. The number of furan rings is 1. The van der Waals surface area contributed by atoms with Crippen LogP contribution in [0.1, 0.15) is 30.0 Å². The van der Waals surface area contributed by atoms with E-state index in [9.17, 15) is 9.59 Å². The molecule has 0 atom stereocenters. The van der Waals surface area contributed by atoms with Crippen molar-refractivity contribution in [2.24, 2.45) is 0 Å². The quantitative estimate of drug-likeness (QED) is 0.419. The summed E-state index contributed by atoms with van der Waals surface area (Å²) in [5, 5.41) is 3.49. The van der Waals surface area contributed by atoms with Crippen LogP contribution in [-0.2, 0) is 20.9 Å². The highest BCUT2D eigenvalue weighted by atomic mass is 32.2. The molecule has 0 radical (unpaired) electrons. The number of thioether (sulfide) groups is 1. The zero-order valence-electron chi connectivity index (χ0n) is 16.6. The molecule has 0 bridgehead atoms. The van der Waals surface area contributed by atoms with Crippen LogP contribution in [0.15, 0.2) is 57.8 Å². The molecule has 29 heavy (non-hydrogen) atoms. The molecule has 1 N–H and O–H groups in total. The molecule has 0 spiro atoms. The Morgan fingerprint density at radius 1 is 1.10 bits per heavy atom. The van der Waals surface area contributed by atoms with Crippen LogP contribution in [0, 0.1) is 0 Å². The highest BCUT2D eigenvalue weighted by Gasteiger charge is 2.23. The minimum absolute atomic E-state index is 0.00388. The van der Waals surface area contributed by atoms with E-state index >= 15 is 0 Å². The van der Waals surface area contributed by atoms with Crippen molar-refractivity contribution < 1.29 is 23.5 Å². The number of fused-ring (bicyclic) bond motifs is 1. The van der Waals surface area contributed by atoms with Gasteiger partial charge in [0.1, 0.15) is 5.58 Å². The monoisotopic (exact) mass is 413 g/mol. The van der Waals surface area contributed by atoms with E-state index < -0.39 is 18.5 Å². The Morgan fingerprint density at radius 2 is 1.83 bits per heavy atom. The molecule has 0 aliphatic rings. The van der Waals surface area contributed by atoms with Gasteiger partial charge >= 0.3 is 5.97 Å². The molecule has 3 aromatic rings. The Balaban J connectivity index is 1.67. The Hall–Kier alpha value is -2.77. The van der Waals surface area contributed by atoms with E-state index in [-0.39, 0.29) is 18.5 Å². The van der Waals surface area contributed by atoms with Crippen molar-refractivity contribution in [1.29, 1.82) is 0 Å². The Labute approximate surface area is 173 Å². The fourth-order valence-corrected chi connectivity index (χ4v) is 3.13. The zero-order chi connectivity index (χ0) is 20.8. The summed E-state index contributed by atoms with van der Waals surface area (Å²) in [6.07, 6.45) is 1.97. The maximum absolute atomic E-state index is 12.6. The van der Waals surface area contributed by atoms with Gasteiger partial charge in [0.05, 0.1) is 12.7 Å². The Bertz CT molecular complexity index is 994. The number of carbonyl (C=O) groups excluding carboxylic acids is 2. The average molecular weight is 413 g/mol. The third-order valence-electron chi connectivity index (χ3n) is 4.15. The summed E-state index contributed by atoms with van der Waals surface area (Å²) in [6.45, 7) is 3.63. The topological polar surface area (TPSA) is 77.8 Å². The van der Waals surface area contributed by atoms with Crippen LogP contribution in [0.5, 0.6) is 0 Å². The first-order valence-electron chi connectivity index (χ1n) is 9.21. The molecule has 1 amide bonds. The summed E-state index contributed by atoms with van der Waals surface area (Å²) in [5.74, 6) is -1.06. The molecule has 0 saturated carbocycles. The first-order valence-corrected chi connectivity index (χ1v) is 10.4. The van der Waals surface area contributed by atoms with E-state index in [1.165, 1.54) is 0 Å². The largest absolute Gasteiger partial charge is 0.450 e. The average Bonchev–Trinajstić information content (AvgIpc) is 3.09. The summed E-state index contributed by atoms with van der Waals surface area (Å²) in [7, 11) is 0. The number of hydrogen-bond donors (Lipinski definition) is 1. The first-order chi connectivity index (χ1) is 14.0. The summed E-state index contributed by atoms with van der Waals surface area (Å²) >= 11 is 1.61. The van der Waals surface area contributed by atoms with Crippen molar-refractivity contribution in [1.82, 2.24) is 0 Å². The van der Waals surface area contributed by atoms with E-state index in [2.05, 4.69) is 5.32 Å². The third kappa shape index (κ3) is 5.40. The van der Waals surface area contributed by atoms with E-state index in [1.807, 2.05) is 50.4 Å². The van der Waals surface area contributed by atoms with Gasteiger partial charge in [0.2, 0.25) is 5.76 Å². The number of carbonyl (C=O) groups is 2. The minimum atomic E-state index is -0.698. The molecule has 6 nitrogen and oxygen atoms in total. The third-order valence-corrected chi connectivity index (χ3v) is 4.90. The molecule has 152 valence electrons. The maximum atomic E-state index is 12.6. The number of benzene rings is 2. The van der Waals surface area contributed by atoms with Crippen molar-refractivity contribution in [3.63, 3.8) is 0 Å². The second-order valence-corrected chi connectivity index (χ2v) is 7.50. The number of para-hydroxylation sites is 1. The maximum Gasteiger partial charge on any atom is 0.375 e. The highest BCUT2D eigenvalue weighted by molar-refractivity contribution is 7.98. The van der Waals surface area contributed by atoms with Gasteiger partial charge in [-0.2, -0.15) is 0 Å². The van der Waals surface area contributed by atoms with Crippen LogP contribution in [-0.4, -0.2) is 30.8 Å². The molecule has 1 heterocycles. The van der Waals surface area contributed by atoms with Gasteiger partial charge in [-0.1, -0.05) is 18.2 Å². The second-order valence-electron chi connectivity index (χ2n) is 6.62. The normalized spacial score (nSPS) is 11.0. The molecule has 3 rings (SSSR count). The van der Waals surface area contributed by atoms with Gasteiger partial charge in [-0.25, -0.2) is 4.79 Å². The number of hydrogen-bond acceptors (Lipinski definition) is 6. The van der Waals surface area contributed by atoms with Crippen LogP contribution in [0.3, 0.4) is 0 Å². The number of amides is 1. The fourth-order valence-electron chi connectivity index (χ4n) is 2.73. The summed E-state index contributed by atoms with van der Waals surface area (Å²) in [5.41, 5.74) is 1.83. The predicted molar refractivity (Wildman–Crippen MR) is 113 cm³/mol. The van der Waals surface area contributed by atoms with E-state index in [0.717, 1.165) is 10.3 Å². The predicted octanol–water partition coefficient (Wildman–Crippen LogP) is 4.88. The number of rotatable bonds is 8. The standard InChI is InChI=1S/C22H23NO5S/c1-14(2)26-12-18-17-6-4-5-7-19(17)28-21(18)22(25)27-13-20(24)23-15-8-10-16(29-3)11-9-15/h4-11,14H,12-13H2,1-3H3,(H,23,24). The number of esters is 1. The molecule has 1 aromatic heterocycles. The van der Waals surface area contributed by atoms with Crippen LogP contribution < -0.4 is 5.32 Å². The van der Waals surface area contributed by atoms with Gasteiger partial charge in [-0.3, -0.25) is 4.79 Å². The lowest BCUT2D eigenvalue weighted by Gasteiger charge is -2.09. The molecule has 0 aliphatic carbocycles.